The molecule has 0 saturated heterocycles. The largest absolute Gasteiger partial charge is 0.454 e. The fourth-order valence-corrected chi connectivity index (χ4v) is 2.15. The van der Waals surface area contributed by atoms with Crippen LogP contribution in [0.1, 0.15) is 5.56 Å². The van der Waals surface area contributed by atoms with Crippen molar-refractivity contribution >= 4 is 31.9 Å². The van der Waals surface area contributed by atoms with Crippen LogP contribution in [0, 0.1) is 5.82 Å². The van der Waals surface area contributed by atoms with Gasteiger partial charge in [-0.25, -0.2) is 4.39 Å². The van der Waals surface area contributed by atoms with Crippen molar-refractivity contribution in [2.75, 3.05) is 0 Å². The minimum absolute atomic E-state index is 0.164. The number of nitrogens with two attached hydrogens (primary N) is 1. The normalized spacial score (nSPS) is 10.4. The molecule has 0 bridgehead atoms. The highest BCUT2D eigenvalue weighted by Crippen LogP contribution is 2.31. The molecule has 2 rings (SSSR count). The lowest BCUT2D eigenvalue weighted by molar-refractivity contribution is 0.437. The number of benzene rings is 2. The first kappa shape index (κ1) is 13.5. The van der Waals surface area contributed by atoms with E-state index < -0.39 is 5.82 Å². The molecule has 0 saturated carbocycles. The Hall–Kier alpha value is -0.910. The van der Waals surface area contributed by atoms with Gasteiger partial charge in [0.15, 0.2) is 11.6 Å². The molecule has 0 aliphatic carbocycles. The van der Waals surface area contributed by atoms with E-state index in [0.29, 0.717) is 12.3 Å². The molecule has 0 aliphatic heterocycles. The number of hydrogen-bond donors (Lipinski definition) is 1. The molecule has 0 unspecified atom stereocenters. The Bertz CT molecular complexity index is 575. The molecular formula is C13H10Br2FNO. The van der Waals surface area contributed by atoms with Gasteiger partial charge in [-0.2, -0.15) is 0 Å². The van der Waals surface area contributed by atoms with Crippen LogP contribution >= 0.6 is 31.9 Å². The molecule has 0 radical (unpaired) electrons. The molecule has 0 spiro atoms. The number of hydrogen-bond acceptors (Lipinski definition) is 2. The Morgan fingerprint density at radius 3 is 2.28 bits per heavy atom. The Morgan fingerprint density at radius 1 is 1.00 bits per heavy atom. The summed E-state index contributed by atoms with van der Waals surface area (Å²) in [5, 5.41) is 0. The smallest absolute Gasteiger partial charge is 0.165 e. The Labute approximate surface area is 121 Å². The maximum atomic E-state index is 13.6. The van der Waals surface area contributed by atoms with E-state index in [4.69, 9.17) is 10.5 Å². The molecule has 5 heteroatoms. The van der Waals surface area contributed by atoms with E-state index in [1.807, 2.05) is 12.1 Å². The van der Waals surface area contributed by atoms with Crippen LogP contribution in [0.5, 0.6) is 11.5 Å². The molecule has 0 fully saturated rings. The van der Waals surface area contributed by atoms with Gasteiger partial charge in [0.1, 0.15) is 5.75 Å². The van der Waals surface area contributed by atoms with Gasteiger partial charge in [0.25, 0.3) is 0 Å². The summed E-state index contributed by atoms with van der Waals surface area (Å²) in [7, 11) is 0. The van der Waals surface area contributed by atoms with Crippen LogP contribution in [0.4, 0.5) is 4.39 Å². The molecule has 0 aromatic heterocycles. The summed E-state index contributed by atoms with van der Waals surface area (Å²) in [6, 6.07) is 10.0. The van der Waals surface area contributed by atoms with Crippen LogP contribution in [0.3, 0.4) is 0 Å². The highest BCUT2D eigenvalue weighted by molar-refractivity contribution is 9.10. The lowest BCUT2D eigenvalue weighted by atomic mass is 10.2. The molecule has 2 nitrogen and oxygen atoms in total. The minimum Gasteiger partial charge on any atom is -0.454 e. The quantitative estimate of drug-likeness (QED) is 0.851. The summed E-state index contributed by atoms with van der Waals surface area (Å²) in [5.74, 6) is 0.294. The molecule has 2 aromatic rings. The van der Waals surface area contributed by atoms with E-state index >= 15 is 0 Å². The number of halogens is 3. The average Bonchev–Trinajstić information content (AvgIpc) is 2.34. The van der Waals surface area contributed by atoms with Crippen LogP contribution in [0.2, 0.25) is 0 Å². The van der Waals surface area contributed by atoms with Gasteiger partial charge in [0.2, 0.25) is 0 Å². The van der Waals surface area contributed by atoms with E-state index in [0.717, 1.165) is 14.5 Å². The molecule has 94 valence electrons. The van der Waals surface area contributed by atoms with Gasteiger partial charge in [-0.1, -0.05) is 37.9 Å². The van der Waals surface area contributed by atoms with Gasteiger partial charge in [-0.15, -0.1) is 0 Å². The highest BCUT2D eigenvalue weighted by Gasteiger charge is 2.09. The van der Waals surface area contributed by atoms with Crippen molar-refractivity contribution in [1.29, 1.82) is 0 Å². The monoisotopic (exact) mass is 373 g/mol. The van der Waals surface area contributed by atoms with E-state index in [1.165, 1.54) is 6.07 Å². The maximum absolute atomic E-state index is 13.6. The topological polar surface area (TPSA) is 35.2 Å². The second-order valence-corrected chi connectivity index (χ2v) is 5.46. The van der Waals surface area contributed by atoms with Crippen molar-refractivity contribution in [1.82, 2.24) is 0 Å². The summed E-state index contributed by atoms with van der Waals surface area (Å²) in [6.45, 7) is 0.332. The van der Waals surface area contributed by atoms with Crippen LogP contribution in [0.25, 0.3) is 0 Å². The SMILES string of the molecule is NCc1ccc(Br)cc1Oc1cc(Br)ccc1F. The number of ether oxygens (including phenoxy) is 1. The second-order valence-electron chi connectivity index (χ2n) is 3.63. The standard InChI is InChI=1S/C13H10Br2FNO/c14-9-2-1-8(7-17)12(5-9)18-13-6-10(15)3-4-11(13)16/h1-6H,7,17H2. The average molecular weight is 375 g/mol. The van der Waals surface area contributed by atoms with Gasteiger partial charge >= 0.3 is 0 Å². The zero-order valence-electron chi connectivity index (χ0n) is 9.29. The van der Waals surface area contributed by atoms with Crippen molar-refractivity contribution < 1.29 is 9.13 Å². The molecule has 18 heavy (non-hydrogen) atoms. The Balaban J connectivity index is 2.38. The van der Waals surface area contributed by atoms with Crippen LogP contribution in [-0.2, 0) is 6.54 Å². The predicted octanol–water partition coefficient (Wildman–Crippen LogP) is 4.60. The summed E-state index contributed by atoms with van der Waals surface area (Å²) in [5.41, 5.74) is 6.44. The Kier molecular flexibility index (Phi) is 4.37. The molecule has 0 aliphatic rings. The zero-order chi connectivity index (χ0) is 13.1. The minimum atomic E-state index is -0.416. The summed E-state index contributed by atoms with van der Waals surface area (Å²) >= 11 is 6.63. The first-order valence-corrected chi connectivity index (χ1v) is 6.80. The first-order chi connectivity index (χ1) is 8.60. The van der Waals surface area contributed by atoms with Gasteiger partial charge in [0, 0.05) is 21.1 Å². The van der Waals surface area contributed by atoms with Gasteiger partial charge in [-0.3, -0.25) is 0 Å². The summed E-state index contributed by atoms with van der Waals surface area (Å²) < 4.78 is 20.8. The highest BCUT2D eigenvalue weighted by atomic mass is 79.9. The van der Waals surface area contributed by atoms with Crippen molar-refractivity contribution in [2.24, 2.45) is 5.73 Å². The van der Waals surface area contributed by atoms with Crippen molar-refractivity contribution in [2.45, 2.75) is 6.54 Å². The Morgan fingerprint density at radius 2 is 1.61 bits per heavy atom. The maximum Gasteiger partial charge on any atom is 0.165 e. The van der Waals surface area contributed by atoms with E-state index in [1.54, 1.807) is 18.2 Å². The third kappa shape index (κ3) is 3.10. The lowest BCUT2D eigenvalue weighted by Crippen LogP contribution is -2.00. The van der Waals surface area contributed by atoms with E-state index in [9.17, 15) is 4.39 Å². The third-order valence-electron chi connectivity index (χ3n) is 2.36. The van der Waals surface area contributed by atoms with E-state index in [-0.39, 0.29) is 5.75 Å². The van der Waals surface area contributed by atoms with Crippen molar-refractivity contribution in [3.63, 3.8) is 0 Å². The fraction of sp³-hybridized carbons (Fsp3) is 0.0769. The molecule has 0 heterocycles. The molecular weight excluding hydrogens is 365 g/mol. The second kappa shape index (κ2) is 5.82. The fourth-order valence-electron chi connectivity index (χ4n) is 1.47. The van der Waals surface area contributed by atoms with Crippen LogP contribution in [0.15, 0.2) is 45.3 Å². The predicted molar refractivity (Wildman–Crippen MR) is 76.2 cm³/mol. The first-order valence-electron chi connectivity index (χ1n) is 5.21. The van der Waals surface area contributed by atoms with Crippen LogP contribution in [-0.4, -0.2) is 0 Å². The van der Waals surface area contributed by atoms with E-state index in [2.05, 4.69) is 31.9 Å². The molecule has 2 aromatic carbocycles. The number of rotatable bonds is 3. The van der Waals surface area contributed by atoms with Gasteiger partial charge in [0.05, 0.1) is 0 Å². The lowest BCUT2D eigenvalue weighted by Gasteiger charge is -2.11. The van der Waals surface area contributed by atoms with Crippen molar-refractivity contribution in [3.8, 4) is 11.5 Å². The van der Waals surface area contributed by atoms with Crippen molar-refractivity contribution in [3.05, 3.63) is 56.7 Å². The molecule has 0 atom stereocenters. The summed E-state index contributed by atoms with van der Waals surface area (Å²) in [6.07, 6.45) is 0. The molecule has 0 amide bonds. The van der Waals surface area contributed by atoms with Crippen LogP contribution < -0.4 is 10.5 Å². The van der Waals surface area contributed by atoms with Gasteiger partial charge in [-0.05, 0) is 30.3 Å². The summed E-state index contributed by atoms with van der Waals surface area (Å²) in [4.78, 5) is 0. The molecule has 2 N–H and O–H groups in total. The zero-order valence-corrected chi connectivity index (χ0v) is 12.5. The van der Waals surface area contributed by atoms with Gasteiger partial charge < -0.3 is 10.5 Å². The third-order valence-corrected chi connectivity index (χ3v) is 3.35.